The summed E-state index contributed by atoms with van der Waals surface area (Å²) >= 11 is 0. The molecule has 0 bridgehead atoms. The third-order valence-corrected chi connectivity index (χ3v) is 8.63. The number of amides is 2. The molecule has 198 valence electrons. The van der Waals surface area contributed by atoms with Crippen LogP contribution in [0.25, 0.3) is 0 Å². The highest BCUT2D eigenvalue weighted by Crippen LogP contribution is 2.36. The summed E-state index contributed by atoms with van der Waals surface area (Å²) < 4.78 is 5.75. The molecule has 3 aliphatic heterocycles. The molecule has 3 saturated heterocycles. The van der Waals surface area contributed by atoms with Crippen molar-refractivity contribution < 1.29 is 19.1 Å². The number of Topliss-reactive ketones (excluding diaryl/α,β-unsaturated/α-hetero) is 1. The lowest BCUT2D eigenvalue weighted by Gasteiger charge is -2.37. The van der Waals surface area contributed by atoms with Crippen LogP contribution in [0.4, 0.5) is 5.69 Å². The molecule has 8 heteroatoms. The fraction of sp³-hybridized carbons (Fsp3) is 0.679. The van der Waals surface area contributed by atoms with Crippen LogP contribution in [0.1, 0.15) is 57.8 Å². The van der Waals surface area contributed by atoms with Crippen LogP contribution in [-0.2, 0) is 14.3 Å². The zero-order valence-corrected chi connectivity index (χ0v) is 22.5. The molecule has 0 aromatic heterocycles. The molecule has 3 aliphatic rings. The first-order valence-electron chi connectivity index (χ1n) is 13.5. The predicted octanol–water partition coefficient (Wildman–Crippen LogP) is 2.57. The maximum Gasteiger partial charge on any atom is 0.251 e. The highest BCUT2D eigenvalue weighted by Gasteiger charge is 2.53. The molecule has 1 N–H and O–H groups in total. The molecule has 0 unspecified atom stereocenters. The van der Waals surface area contributed by atoms with Crippen LogP contribution in [0.5, 0.6) is 0 Å². The third-order valence-electron chi connectivity index (χ3n) is 8.63. The number of benzene rings is 1. The van der Waals surface area contributed by atoms with E-state index in [0.717, 1.165) is 44.8 Å². The molecule has 0 spiro atoms. The number of ketones is 1. The van der Waals surface area contributed by atoms with Crippen molar-refractivity contribution in [2.75, 3.05) is 50.8 Å². The van der Waals surface area contributed by atoms with E-state index in [0.29, 0.717) is 18.5 Å². The third kappa shape index (κ3) is 5.16. The van der Waals surface area contributed by atoms with Gasteiger partial charge in [-0.15, -0.1) is 0 Å². The molecule has 3 fully saturated rings. The Kier molecular flexibility index (Phi) is 8.05. The van der Waals surface area contributed by atoms with Crippen molar-refractivity contribution in [1.82, 2.24) is 15.1 Å². The van der Waals surface area contributed by atoms with E-state index < -0.39 is 17.5 Å². The average Bonchev–Trinajstić information content (AvgIpc) is 3.47. The quantitative estimate of drug-likeness (QED) is 0.593. The number of hydrogen-bond donors (Lipinski definition) is 1. The van der Waals surface area contributed by atoms with Crippen molar-refractivity contribution in [3.63, 3.8) is 0 Å². The van der Waals surface area contributed by atoms with Gasteiger partial charge in [-0.05, 0) is 49.1 Å². The van der Waals surface area contributed by atoms with Crippen LogP contribution in [0.3, 0.4) is 0 Å². The molecule has 4 atom stereocenters. The van der Waals surface area contributed by atoms with Gasteiger partial charge in [-0.1, -0.05) is 34.6 Å². The van der Waals surface area contributed by atoms with Gasteiger partial charge in [0.15, 0.2) is 5.78 Å². The van der Waals surface area contributed by atoms with Crippen molar-refractivity contribution in [1.29, 1.82) is 0 Å². The van der Waals surface area contributed by atoms with Gasteiger partial charge in [0.1, 0.15) is 18.7 Å². The highest BCUT2D eigenvalue weighted by molar-refractivity contribution is 5.99. The Hall–Kier alpha value is -2.45. The number of fused-ring (bicyclic) bond motifs is 1. The van der Waals surface area contributed by atoms with Crippen LogP contribution < -0.4 is 10.2 Å². The van der Waals surface area contributed by atoms with Crippen molar-refractivity contribution in [2.24, 2.45) is 11.3 Å². The van der Waals surface area contributed by atoms with Gasteiger partial charge in [0.05, 0.1) is 6.10 Å². The second-order valence-electron chi connectivity index (χ2n) is 11.1. The van der Waals surface area contributed by atoms with E-state index in [9.17, 15) is 14.4 Å². The smallest absolute Gasteiger partial charge is 0.251 e. The largest absolute Gasteiger partial charge is 0.369 e. The van der Waals surface area contributed by atoms with Crippen LogP contribution in [0.15, 0.2) is 24.3 Å². The summed E-state index contributed by atoms with van der Waals surface area (Å²) in [7, 11) is 0. The number of likely N-dealkylation sites (tertiary alicyclic amines) is 1. The Morgan fingerprint density at radius 2 is 1.75 bits per heavy atom. The summed E-state index contributed by atoms with van der Waals surface area (Å²) in [5, 5.41) is 3.04. The monoisotopic (exact) mass is 498 g/mol. The summed E-state index contributed by atoms with van der Waals surface area (Å²) in [6, 6.07) is 6.38. The molecule has 0 aliphatic carbocycles. The number of piperazine rings is 1. The zero-order valence-electron chi connectivity index (χ0n) is 22.5. The summed E-state index contributed by atoms with van der Waals surface area (Å²) in [5.74, 6) is -0.364. The van der Waals surface area contributed by atoms with E-state index in [-0.39, 0.29) is 36.2 Å². The van der Waals surface area contributed by atoms with Gasteiger partial charge in [0.25, 0.3) is 5.91 Å². The van der Waals surface area contributed by atoms with E-state index in [4.69, 9.17) is 4.74 Å². The van der Waals surface area contributed by atoms with Crippen LogP contribution in [0.2, 0.25) is 0 Å². The van der Waals surface area contributed by atoms with Gasteiger partial charge in [-0.25, -0.2) is 0 Å². The number of likely N-dealkylation sites (N-methyl/N-ethyl adjacent to an activating group) is 1. The van der Waals surface area contributed by atoms with Crippen LogP contribution in [-0.4, -0.2) is 91.5 Å². The van der Waals surface area contributed by atoms with Crippen molar-refractivity contribution in [3.05, 3.63) is 29.8 Å². The molecule has 0 radical (unpaired) electrons. The summed E-state index contributed by atoms with van der Waals surface area (Å²) in [6.45, 7) is 15.9. The standard InChI is InChI=1S/C28H42N4O4/c1-6-19-17-32(23-22(33)18-36-24(19)23)27(35)25(28(4,5)7-2)29-26(34)20-9-11-21(12-10-20)31-15-13-30(8-3)14-16-31/h9-12,19,23-25H,6-8,13-18H2,1-5H3,(H,29,34)/t19-,23-,24-,25-/m1/s1. The summed E-state index contributed by atoms with van der Waals surface area (Å²) in [6.07, 6.45) is 1.31. The first-order chi connectivity index (χ1) is 17.2. The van der Waals surface area contributed by atoms with Crippen molar-refractivity contribution in [3.8, 4) is 0 Å². The molecule has 3 heterocycles. The first kappa shape index (κ1) is 26.6. The van der Waals surface area contributed by atoms with Crippen molar-refractivity contribution in [2.45, 2.75) is 65.6 Å². The Morgan fingerprint density at radius 1 is 1.08 bits per heavy atom. The second-order valence-corrected chi connectivity index (χ2v) is 11.1. The number of nitrogens with one attached hydrogen (secondary N) is 1. The van der Waals surface area contributed by atoms with Gasteiger partial charge in [0, 0.05) is 49.9 Å². The number of nitrogens with zero attached hydrogens (tertiary/aromatic N) is 3. The minimum absolute atomic E-state index is 0.0426. The van der Waals surface area contributed by atoms with E-state index in [2.05, 4.69) is 29.0 Å². The number of carbonyl (C=O) groups is 3. The van der Waals surface area contributed by atoms with Crippen LogP contribution >= 0.6 is 0 Å². The lowest BCUT2D eigenvalue weighted by molar-refractivity contribution is -0.140. The number of ether oxygens (including phenoxy) is 1. The van der Waals surface area contributed by atoms with E-state index in [1.165, 1.54) is 0 Å². The SMILES string of the molecule is CC[C@@H]1CN(C(=O)[C@@H](NC(=O)c2ccc(N3CCN(CC)CC3)cc2)C(C)(C)CC)[C@@H]2C(=O)CO[C@H]12. The average molecular weight is 499 g/mol. The fourth-order valence-corrected chi connectivity index (χ4v) is 5.66. The summed E-state index contributed by atoms with van der Waals surface area (Å²) in [5.41, 5.74) is 1.16. The normalized spacial score (nSPS) is 25.7. The van der Waals surface area contributed by atoms with E-state index in [1.807, 2.05) is 45.0 Å². The van der Waals surface area contributed by atoms with Crippen LogP contribution in [0, 0.1) is 11.3 Å². The Morgan fingerprint density at radius 3 is 2.33 bits per heavy atom. The van der Waals surface area contributed by atoms with E-state index >= 15 is 0 Å². The van der Waals surface area contributed by atoms with Gasteiger partial charge >= 0.3 is 0 Å². The molecule has 36 heavy (non-hydrogen) atoms. The second kappa shape index (κ2) is 10.9. The number of carbonyl (C=O) groups excluding carboxylic acids is 3. The van der Waals surface area contributed by atoms with Crippen molar-refractivity contribution >= 4 is 23.3 Å². The number of rotatable bonds is 8. The predicted molar refractivity (Wildman–Crippen MR) is 140 cm³/mol. The Labute approximate surface area is 215 Å². The van der Waals surface area contributed by atoms with E-state index in [1.54, 1.807) is 4.90 Å². The summed E-state index contributed by atoms with van der Waals surface area (Å²) in [4.78, 5) is 46.3. The Bertz CT molecular complexity index is 955. The maximum atomic E-state index is 13.9. The maximum absolute atomic E-state index is 13.9. The first-order valence-corrected chi connectivity index (χ1v) is 13.5. The van der Waals surface area contributed by atoms with Gasteiger partial charge in [0.2, 0.25) is 5.91 Å². The van der Waals surface area contributed by atoms with Gasteiger partial charge in [-0.3, -0.25) is 14.4 Å². The number of anilines is 1. The molecule has 0 saturated carbocycles. The minimum Gasteiger partial charge on any atom is -0.369 e. The number of hydrogen-bond acceptors (Lipinski definition) is 6. The zero-order chi connectivity index (χ0) is 26.0. The minimum atomic E-state index is -0.735. The lowest BCUT2D eigenvalue weighted by Crippen LogP contribution is -2.57. The highest BCUT2D eigenvalue weighted by atomic mass is 16.5. The molecule has 1 aromatic carbocycles. The molecule has 4 rings (SSSR count). The fourth-order valence-electron chi connectivity index (χ4n) is 5.66. The topological polar surface area (TPSA) is 82.2 Å². The van der Waals surface area contributed by atoms with Gasteiger partial charge in [-0.2, -0.15) is 0 Å². The molecular weight excluding hydrogens is 456 g/mol. The Balaban J connectivity index is 1.48. The molecule has 8 nitrogen and oxygen atoms in total. The molecule has 1 aromatic rings. The van der Waals surface area contributed by atoms with Gasteiger partial charge < -0.3 is 24.8 Å². The molecular formula is C28H42N4O4. The molecule has 2 amide bonds. The lowest BCUT2D eigenvalue weighted by atomic mass is 9.80.